The smallest absolute Gasteiger partial charge is 0.308 e. The summed E-state index contributed by atoms with van der Waals surface area (Å²) in [5, 5.41) is 20.0. The number of rotatable bonds is 3. The molecule has 1 heterocycles. The molecule has 0 atom stereocenters. The molecule has 0 aliphatic heterocycles. The van der Waals surface area contributed by atoms with Crippen molar-refractivity contribution in [3.05, 3.63) is 51.9 Å². The third-order valence-electron chi connectivity index (χ3n) is 2.44. The van der Waals surface area contributed by atoms with Crippen LogP contribution in [0.5, 0.6) is 0 Å². The van der Waals surface area contributed by atoms with Gasteiger partial charge in [0.1, 0.15) is 0 Å². The van der Waals surface area contributed by atoms with Crippen LogP contribution in [0.4, 0.5) is 0 Å². The lowest BCUT2D eigenvalue weighted by atomic mass is 10.2. The third-order valence-corrected chi connectivity index (χ3v) is 2.44. The molecule has 0 fully saturated rings. The van der Waals surface area contributed by atoms with Crippen LogP contribution < -0.4 is 5.56 Å². The number of nitriles is 1. The molecule has 2 aromatic rings. The largest absolute Gasteiger partial charge is 0.481 e. The van der Waals surface area contributed by atoms with E-state index in [1.807, 2.05) is 6.07 Å². The summed E-state index contributed by atoms with van der Waals surface area (Å²) >= 11 is 0. The minimum atomic E-state index is -1.06. The molecule has 0 radical (unpaired) electrons. The fourth-order valence-electron chi connectivity index (χ4n) is 1.57. The molecule has 6 nitrogen and oxygen atoms in total. The third kappa shape index (κ3) is 2.15. The number of aliphatic carboxylic acids is 1. The zero-order valence-electron chi connectivity index (χ0n) is 9.25. The zero-order chi connectivity index (χ0) is 13.1. The molecule has 90 valence electrons. The number of nitrogens with zero attached hydrogens (tertiary/aromatic N) is 2. The second kappa shape index (κ2) is 4.59. The van der Waals surface area contributed by atoms with Gasteiger partial charge in [-0.15, -0.1) is 0 Å². The van der Waals surface area contributed by atoms with Crippen molar-refractivity contribution in [2.45, 2.75) is 6.42 Å². The topological polar surface area (TPSA) is 98.9 Å². The monoisotopic (exact) mass is 243 g/mol. The summed E-state index contributed by atoms with van der Waals surface area (Å²) in [6, 6.07) is 8.37. The van der Waals surface area contributed by atoms with Crippen molar-refractivity contribution in [2.24, 2.45) is 0 Å². The summed E-state index contributed by atoms with van der Waals surface area (Å²) < 4.78 is 1.24. The molecular weight excluding hydrogens is 234 g/mol. The van der Waals surface area contributed by atoms with Crippen LogP contribution in [-0.4, -0.2) is 20.9 Å². The number of carbonyl (C=O) groups is 1. The fraction of sp³-hybridized carbons (Fsp3) is 0.0833. The quantitative estimate of drug-likeness (QED) is 0.827. The fourth-order valence-corrected chi connectivity index (χ4v) is 1.57. The highest BCUT2D eigenvalue weighted by atomic mass is 16.4. The first-order valence-electron chi connectivity index (χ1n) is 5.13. The Morgan fingerprint density at radius 3 is 2.61 bits per heavy atom. The number of hydrogen-bond donors (Lipinski definition) is 2. The molecule has 0 spiro atoms. The van der Waals surface area contributed by atoms with Gasteiger partial charge in [-0.3, -0.25) is 14.7 Å². The average molecular weight is 243 g/mol. The van der Waals surface area contributed by atoms with Crippen molar-refractivity contribution in [1.82, 2.24) is 9.78 Å². The summed E-state index contributed by atoms with van der Waals surface area (Å²) in [5.74, 6) is -1.06. The van der Waals surface area contributed by atoms with Crippen molar-refractivity contribution in [2.75, 3.05) is 0 Å². The van der Waals surface area contributed by atoms with E-state index < -0.39 is 11.5 Å². The van der Waals surface area contributed by atoms with Crippen LogP contribution in [0.2, 0.25) is 0 Å². The van der Waals surface area contributed by atoms with E-state index in [1.54, 1.807) is 24.3 Å². The Kier molecular flexibility index (Phi) is 2.98. The van der Waals surface area contributed by atoms with Crippen molar-refractivity contribution in [1.29, 1.82) is 5.26 Å². The summed E-state index contributed by atoms with van der Waals surface area (Å²) in [6.07, 6.45) is 1.05. The minimum absolute atomic E-state index is 0.187. The van der Waals surface area contributed by atoms with E-state index in [9.17, 15) is 9.59 Å². The number of hydrogen-bond acceptors (Lipinski definition) is 3. The van der Waals surface area contributed by atoms with E-state index in [1.165, 1.54) is 10.9 Å². The maximum atomic E-state index is 11.9. The minimum Gasteiger partial charge on any atom is -0.481 e. The number of aromatic nitrogens is 2. The summed E-state index contributed by atoms with van der Waals surface area (Å²) in [7, 11) is 0. The number of nitrogens with one attached hydrogen (secondary N) is 1. The molecule has 0 saturated heterocycles. The summed E-state index contributed by atoms with van der Waals surface area (Å²) in [6.45, 7) is 0. The second-order valence-corrected chi connectivity index (χ2v) is 3.67. The number of aromatic amines is 1. The Hall–Kier alpha value is -2.81. The lowest BCUT2D eigenvalue weighted by Crippen LogP contribution is -2.19. The van der Waals surface area contributed by atoms with Crippen molar-refractivity contribution in [3.8, 4) is 11.8 Å². The predicted octanol–water partition coefficient (Wildman–Crippen LogP) is 0.664. The zero-order valence-corrected chi connectivity index (χ0v) is 9.25. The maximum absolute atomic E-state index is 11.9. The molecule has 0 aliphatic rings. The highest BCUT2D eigenvalue weighted by Crippen LogP contribution is 2.06. The first-order valence-corrected chi connectivity index (χ1v) is 5.13. The maximum Gasteiger partial charge on any atom is 0.308 e. The molecule has 6 heteroatoms. The molecule has 18 heavy (non-hydrogen) atoms. The second-order valence-electron chi connectivity index (χ2n) is 3.67. The molecule has 1 aromatic carbocycles. The van der Waals surface area contributed by atoms with Crippen molar-refractivity contribution < 1.29 is 9.90 Å². The first kappa shape index (κ1) is 11.7. The van der Waals surface area contributed by atoms with E-state index in [0.717, 1.165) is 0 Å². The Bertz CT molecular complexity index is 674. The Labute approximate surface area is 102 Å². The normalized spacial score (nSPS) is 9.94. The van der Waals surface area contributed by atoms with Gasteiger partial charge in [0.2, 0.25) is 0 Å². The molecule has 0 bridgehead atoms. The highest BCUT2D eigenvalue weighted by Gasteiger charge is 2.10. The van der Waals surface area contributed by atoms with Gasteiger partial charge in [0, 0.05) is 11.8 Å². The van der Waals surface area contributed by atoms with Gasteiger partial charge in [0.05, 0.1) is 23.7 Å². The number of H-pyrrole nitrogens is 1. The standard InChI is InChI=1S/C12H9N3O3/c13-6-8-1-3-10(4-2-8)15-12(18)9(7-14-15)5-11(16)17/h1-4,7,14H,5H2,(H,16,17). The Morgan fingerprint density at radius 1 is 1.39 bits per heavy atom. The van der Waals surface area contributed by atoms with Gasteiger partial charge in [0.25, 0.3) is 5.56 Å². The van der Waals surface area contributed by atoms with Crippen LogP contribution in [0.1, 0.15) is 11.1 Å². The number of carboxylic acids is 1. The SMILES string of the molecule is N#Cc1ccc(-n2[nH]cc(CC(=O)O)c2=O)cc1. The van der Waals surface area contributed by atoms with Crippen LogP contribution in [0.3, 0.4) is 0 Å². The summed E-state index contributed by atoms with van der Waals surface area (Å²) in [5.41, 5.74) is 0.828. The van der Waals surface area contributed by atoms with Crippen LogP contribution in [-0.2, 0) is 11.2 Å². The predicted molar refractivity (Wildman–Crippen MR) is 62.4 cm³/mol. The highest BCUT2D eigenvalue weighted by molar-refractivity contribution is 5.69. The molecule has 0 amide bonds. The van der Waals surface area contributed by atoms with E-state index in [-0.39, 0.29) is 12.0 Å². The van der Waals surface area contributed by atoms with Gasteiger partial charge < -0.3 is 5.11 Å². The molecule has 0 saturated carbocycles. The van der Waals surface area contributed by atoms with Gasteiger partial charge in [-0.25, -0.2) is 4.68 Å². The van der Waals surface area contributed by atoms with Gasteiger partial charge in [-0.2, -0.15) is 5.26 Å². The van der Waals surface area contributed by atoms with E-state index in [0.29, 0.717) is 11.3 Å². The Morgan fingerprint density at radius 2 is 2.06 bits per heavy atom. The lowest BCUT2D eigenvalue weighted by molar-refractivity contribution is -0.136. The molecule has 2 N–H and O–H groups in total. The number of benzene rings is 1. The van der Waals surface area contributed by atoms with Gasteiger partial charge in [0.15, 0.2) is 0 Å². The molecule has 0 unspecified atom stereocenters. The first-order chi connectivity index (χ1) is 8.61. The van der Waals surface area contributed by atoms with Crippen LogP contribution >= 0.6 is 0 Å². The van der Waals surface area contributed by atoms with Crippen molar-refractivity contribution in [3.63, 3.8) is 0 Å². The molecule has 1 aromatic heterocycles. The molecular formula is C12H9N3O3. The van der Waals surface area contributed by atoms with Gasteiger partial charge in [-0.1, -0.05) is 0 Å². The number of carboxylic acid groups (broad SMARTS) is 1. The lowest BCUT2D eigenvalue weighted by Gasteiger charge is -2.00. The summed E-state index contributed by atoms with van der Waals surface area (Å²) in [4.78, 5) is 22.4. The van der Waals surface area contributed by atoms with Gasteiger partial charge >= 0.3 is 5.97 Å². The van der Waals surface area contributed by atoms with Crippen molar-refractivity contribution >= 4 is 5.97 Å². The molecule has 2 rings (SSSR count). The van der Waals surface area contributed by atoms with E-state index in [4.69, 9.17) is 10.4 Å². The Balaban J connectivity index is 2.39. The average Bonchev–Trinajstić information content (AvgIpc) is 2.71. The van der Waals surface area contributed by atoms with Crippen LogP contribution in [0.15, 0.2) is 35.3 Å². The molecule has 0 aliphatic carbocycles. The van der Waals surface area contributed by atoms with Gasteiger partial charge in [-0.05, 0) is 24.3 Å². The van der Waals surface area contributed by atoms with E-state index in [2.05, 4.69) is 5.10 Å². The van der Waals surface area contributed by atoms with Crippen LogP contribution in [0, 0.1) is 11.3 Å². The van der Waals surface area contributed by atoms with E-state index >= 15 is 0 Å². The van der Waals surface area contributed by atoms with Crippen LogP contribution in [0.25, 0.3) is 5.69 Å².